The van der Waals surface area contributed by atoms with Crippen LogP contribution in [0.15, 0.2) is 41.3 Å². The maximum Gasteiger partial charge on any atom is 0.274 e. The van der Waals surface area contributed by atoms with E-state index in [4.69, 9.17) is 9.51 Å². The van der Waals surface area contributed by atoms with Crippen LogP contribution >= 0.6 is 0 Å². The van der Waals surface area contributed by atoms with Crippen molar-refractivity contribution in [2.75, 3.05) is 13.1 Å². The second-order valence-corrected chi connectivity index (χ2v) is 8.47. The molecule has 1 aliphatic heterocycles. The molecule has 0 bridgehead atoms. The fourth-order valence-electron chi connectivity index (χ4n) is 4.48. The highest BCUT2D eigenvalue weighted by Gasteiger charge is 2.46. The SMILES string of the molecule is CCn1ccc(C(=O)N2CCCC(CC3CC3)(c3noc(-c4ccncc4)n3)C2)n1. The van der Waals surface area contributed by atoms with E-state index >= 15 is 0 Å². The highest BCUT2D eigenvalue weighted by Crippen LogP contribution is 2.46. The molecule has 1 aliphatic carbocycles. The van der Waals surface area contributed by atoms with Gasteiger partial charge in [0.25, 0.3) is 11.8 Å². The molecule has 4 heterocycles. The Hall–Kier alpha value is -3.03. The predicted molar refractivity (Wildman–Crippen MR) is 110 cm³/mol. The van der Waals surface area contributed by atoms with Gasteiger partial charge in [-0.2, -0.15) is 10.1 Å². The third-order valence-corrected chi connectivity index (χ3v) is 6.25. The Balaban J connectivity index is 1.43. The summed E-state index contributed by atoms with van der Waals surface area (Å²) in [5.74, 6) is 1.90. The van der Waals surface area contributed by atoms with E-state index in [1.165, 1.54) is 12.8 Å². The van der Waals surface area contributed by atoms with Crippen LogP contribution in [-0.2, 0) is 12.0 Å². The molecule has 30 heavy (non-hydrogen) atoms. The average Bonchev–Trinajstić information content (AvgIpc) is 3.27. The number of hydrogen-bond donors (Lipinski definition) is 0. The number of nitrogens with zero attached hydrogens (tertiary/aromatic N) is 6. The van der Waals surface area contributed by atoms with Crippen molar-refractivity contribution in [2.45, 2.75) is 51.0 Å². The number of pyridine rings is 1. The number of carbonyl (C=O) groups is 1. The Bertz CT molecular complexity index is 1030. The van der Waals surface area contributed by atoms with Crippen molar-refractivity contribution in [1.29, 1.82) is 0 Å². The summed E-state index contributed by atoms with van der Waals surface area (Å²) in [6, 6.07) is 5.54. The molecule has 1 saturated heterocycles. The first-order valence-corrected chi connectivity index (χ1v) is 10.7. The molecule has 8 nitrogen and oxygen atoms in total. The van der Waals surface area contributed by atoms with Gasteiger partial charge in [0.2, 0.25) is 0 Å². The Morgan fingerprint density at radius 1 is 1.27 bits per heavy atom. The number of amides is 1. The molecule has 8 heteroatoms. The van der Waals surface area contributed by atoms with Crippen molar-refractivity contribution in [2.24, 2.45) is 5.92 Å². The molecule has 0 spiro atoms. The van der Waals surface area contributed by atoms with Crippen molar-refractivity contribution in [3.63, 3.8) is 0 Å². The fraction of sp³-hybridized carbons (Fsp3) is 0.500. The third-order valence-electron chi connectivity index (χ3n) is 6.25. The van der Waals surface area contributed by atoms with E-state index in [1.807, 2.05) is 30.2 Å². The van der Waals surface area contributed by atoms with Gasteiger partial charge in [-0.25, -0.2) is 0 Å². The zero-order chi connectivity index (χ0) is 20.6. The lowest BCUT2D eigenvalue weighted by Crippen LogP contribution is -2.49. The standard InChI is InChI=1S/C22H26N6O2/c1-2-28-13-8-18(25-28)20(29)27-12-3-9-22(15-27,14-16-4-5-16)21-24-19(30-26-21)17-6-10-23-11-7-17/h6-8,10-11,13,16H,2-5,9,12,14-15H2,1H3. The monoisotopic (exact) mass is 406 g/mol. The quantitative estimate of drug-likeness (QED) is 0.624. The summed E-state index contributed by atoms with van der Waals surface area (Å²) in [6.45, 7) is 4.11. The van der Waals surface area contributed by atoms with Crippen molar-refractivity contribution in [3.05, 3.63) is 48.3 Å². The summed E-state index contributed by atoms with van der Waals surface area (Å²) in [5, 5.41) is 8.80. The van der Waals surface area contributed by atoms with Crippen LogP contribution in [0.2, 0.25) is 0 Å². The Labute approximate surface area is 175 Å². The molecule has 5 rings (SSSR count). The summed E-state index contributed by atoms with van der Waals surface area (Å²) in [6.07, 6.45) is 10.7. The summed E-state index contributed by atoms with van der Waals surface area (Å²) in [7, 11) is 0. The number of likely N-dealkylation sites (tertiary alicyclic amines) is 1. The van der Waals surface area contributed by atoms with E-state index < -0.39 is 0 Å². The van der Waals surface area contributed by atoms with Crippen molar-refractivity contribution < 1.29 is 9.32 Å². The molecule has 1 unspecified atom stereocenters. The molecule has 1 saturated carbocycles. The maximum atomic E-state index is 13.2. The van der Waals surface area contributed by atoms with Gasteiger partial charge in [0.15, 0.2) is 5.82 Å². The highest BCUT2D eigenvalue weighted by molar-refractivity contribution is 5.92. The first-order valence-electron chi connectivity index (χ1n) is 10.7. The lowest BCUT2D eigenvalue weighted by molar-refractivity contribution is 0.0600. The van der Waals surface area contributed by atoms with Crippen molar-refractivity contribution in [1.82, 2.24) is 29.8 Å². The minimum Gasteiger partial charge on any atom is -0.336 e. The van der Waals surface area contributed by atoms with Gasteiger partial charge in [-0.3, -0.25) is 14.5 Å². The van der Waals surface area contributed by atoms with E-state index in [2.05, 4.69) is 15.2 Å². The smallest absolute Gasteiger partial charge is 0.274 e. The first kappa shape index (κ1) is 19.0. The molecule has 0 N–H and O–H groups in total. The first-order chi connectivity index (χ1) is 14.7. The van der Waals surface area contributed by atoms with Gasteiger partial charge in [0.05, 0.1) is 5.41 Å². The lowest BCUT2D eigenvalue weighted by atomic mass is 9.74. The molecule has 1 amide bonds. The summed E-state index contributed by atoms with van der Waals surface area (Å²) < 4.78 is 7.41. The second kappa shape index (κ2) is 7.66. The number of piperidine rings is 1. The predicted octanol–water partition coefficient (Wildman–Crippen LogP) is 3.32. The Kier molecular flexibility index (Phi) is 4.84. The normalized spacial score (nSPS) is 21.7. The number of aryl methyl sites for hydroxylation is 1. The van der Waals surface area contributed by atoms with Gasteiger partial charge in [0, 0.05) is 43.8 Å². The molecule has 1 atom stereocenters. The molecule has 3 aromatic rings. The Morgan fingerprint density at radius 3 is 2.83 bits per heavy atom. The highest BCUT2D eigenvalue weighted by atomic mass is 16.5. The molecule has 2 fully saturated rings. The van der Waals surface area contributed by atoms with Gasteiger partial charge >= 0.3 is 0 Å². The maximum absolute atomic E-state index is 13.2. The van der Waals surface area contributed by atoms with Crippen LogP contribution in [0.1, 0.15) is 55.3 Å². The van der Waals surface area contributed by atoms with Crippen LogP contribution in [0.4, 0.5) is 0 Å². The van der Waals surface area contributed by atoms with Gasteiger partial charge < -0.3 is 9.42 Å². The van der Waals surface area contributed by atoms with Gasteiger partial charge in [-0.15, -0.1) is 0 Å². The molecule has 3 aromatic heterocycles. The molecular weight excluding hydrogens is 380 g/mol. The van der Waals surface area contributed by atoms with E-state index in [0.29, 0.717) is 24.0 Å². The summed E-state index contributed by atoms with van der Waals surface area (Å²) in [5.41, 5.74) is 1.10. The van der Waals surface area contributed by atoms with Crippen LogP contribution in [-0.4, -0.2) is 48.8 Å². The number of carbonyl (C=O) groups excluding carboxylic acids is 1. The number of aromatic nitrogens is 5. The molecule has 0 aromatic carbocycles. The van der Waals surface area contributed by atoms with Crippen LogP contribution in [0.5, 0.6) is 0 Å². The van der Waals surface area contributed by atoms with Crippen molar-refractivity contribution in [3.8, 4) is 11.5 Å². The lowest BCUT2D eigenvalue weighted by Gasteiger charge is -2.41. The topological polar surface area (TPSA) is 89.9 Å². The van der Waals surface area contributed by atoms with Crippen LogP contribution in [0, 0.1) is 5.92 Å². The van der Waals surface area contributed by atoms with Crippen LogP contribution in [0.3, 0.4) is 0 Å². The van der Waals surface area contributed by atoms with Crippen molar-refractivity contribution >= 4 is 5.91 Å². The zero-order valence-corrected chi connectivity index (χ0v) is 17.2. The third kappa shape index (κ3) is 3.62. The molecule has 2 aliphatic rings. The van der Waals surface area contributed by atoms with Gasteiger partial charge in [0.1, 0.15) is 5.69 Å². The summed E-state index contributed by atoms with van der Waals surface area (Å²) in [4.78, 5) is 23.9. The largest absolute Gasteiger partial charge is 0.336 e. The van der Waals surface area contributed by atoms with E-state index in [-0.39, 0.29) is 11.3 Å². The van der Waals surface area contributed by atoms with Crippen LogP contribution in [0.25, 0.3) is 11.5 Å². The Morgan fingerprint density at radius 2 is 2.10 bits per heavy atom. The second-order valence-electron chi connectivity index (χ2n) is 8.47. The van der Waals surface area contributed by atoms with E-state index in [1.54, 1.807) is 23.1 Å². The zero-order valence-electron chi connectivity index (χ0n) is 17.2. The van der Waals surface area contributed by atoms with Crippen LogP contribution < -0.4 is 0 Å². The fourth-order valence-corrected chi connectivity index (χ4v) is 4.48. The van der Waals surface area contributed by atoms with Gasteiger partial charge in [-0.1, -0.05) is 18.0 Å². The molecular formula is C22H26N6O2. The molecule has 0 radical (unpaired) electrons. The minimum atomic E-state index is -0.267. The summed E-state index contributed by atoms with van der Waals surface area (Å²) >= 11 is 0. The van der Waals surface area contributed by atoms with E-state index in [0.717, 1.165) is 43.7 Å². The van der Waals surface area contributed by atoms with Gasteiger partial charge in [-0.05, 0) is 50.3 Å². The molecule has 156 valence electrons. The van der Waals surface area contributed by atoms with E-state index in [9.17, 15) is 4.79 Å². The number of rotatable bonds is 6. The number of hydrogen-bond acceptors (Lipinski definition) is 6. The average molecular weight is 406 g/mol. The minimum absolute atomic E-state index is 0.0140.